The smallest absolute Gasteiger partial charge is 0.340 e. The molecule has 0 bridgehead atoms. The average Bonchev–Trinajstić information content (AvgIpc) is 3.10. The number of carbonyl (C=O) groups excluding carboxylic acids is 2. The molecular weight excluding hydrogens is 400 g/mol. The van der Waals surface area contributed by atoms with Crippen molar-refractivity contribution in [1.82, 2.24) is 9.80 Å². The molecule has 2 aliphatic heterocycles. The summed E-state index contributed by atoms with van der Waals surface area (Å²) in [4.78, 5) is 30.4. The van der Waals surface area contributed by atoms with E-state index in [-0.39, 0.29) is 11.8 Å². The van der Waals surface area contributed by atoms with E-state index in [1.54, 1.807) is 6.20 Å². The molecule has 5 heteroatoms. The lowest BCUT2D eigenvalue weighted by atomic mass is 9.82. The minimum atomic E-state index is -1.21. The fraction of sp³-hybridized carbons (Fsp3) is 0.407. The highest BCUT2D eigenvalue weighted by atomic mass is 16.6. The third-order valence-electron chi connectivity index (χ3n) is 6.26. The van der Waals surface area contributed by atoms with Crippen molar-refractivity contribution < 1.29 is 14.3 Å². The third-order valence-corrected chi connectivity index (χ3v) is 6.26. The zero-order valence-corrected chi connectivity index (χ0v) is 19.2. The number of benzene rings is 2. The maximum absolute atomic E-state index is 13.1. The van der Waals surface area contributed by atoms with Gasteiger partial charge in [-0.1, -0.05) is 60.7 Å². The summed E-state index contributed by atoms with van der Waals surface area (Å²) >= 11 is 0. The largest absolute Gasteiger partial charge is 0.458 e. The number of ether oxygens (including phenoxy) is 1. The molecule has 0 amide bonds. The molecule has 2 aromatic carbocycles. The van der Waals surface area contributed by atoms with Gasteiger partial charge < -0.3 is 9.64 Å². The number of ketones is 1. The number of fused-ring (bicyclic) bond motifs is 1. The SMILES string of the molecule is CC(C)(C)OC(=O)[C@@]12CC[C@H](N(Cc3ccccc3)Cc3ccccc3)CN1C=CC2=O. The van der Waals surface area contributed by atoms with Crippen molar-refractivity contribution in [3.05, 3.63) is 84.1 Å². The van der Waals surface area contributed by atoms with Gasteiger partial charge in [0.05, 0.1) is 0 Å². The normalized spacial score (nSPS) is 22.8. The highest BCUT2D eigenvalue weighted by molar-refractivity contribution is 6.15. The second kappa shape index (κ2) is 8.91. The lowest BCUT2D eigenvalue weighted by Crippen LogP contribution is -2.63. The molecule has 1 fully saturated rings. The van der Waals surface area contributed by atoms with Gasteiger partial charge in [0.25, 0.3) is 0 Å². The van der Waals surface area contributed by atoms with Crippen molar-refractivity contribution in [1.29, 1.82) is 0 Å². The first-order chi connectivity index (χ1) is 15.3. The second-order valence-electron chi connectivity index (χ2n) is 9.76. The maximum atomic E-state index is 13.1. The molecule has 2 aromatic rings. The van der Waals surface area contributed by atoms with Gasteiger partial charge in [0, 0.05) is 38.0 Å². The van der Waals surface area contributed by atoms with Crippen LogP contribution in [0.3, 0.4) is 0 Å². The van der Waals surface area contributed by atoms with Crippen LogP contribution in [0.4, 0.5) is 0 Å². The Labute approximate surface area is 190 Å². The topological polar surface area (TPSA) is 49.9 Å². The van der Waals surface area contributed by atoms with Crippen molar-refractivity contribution in [2.24, 2.45) is 0 Å². The minimum Gasteiger partial charge on any atom is -0.458 e. The van der Waals surface area contributed by atoms with Crippen LogP contribution in [0.15, 0.2) is 72.9 Å². The van der Waals surface area contributed by atoms with Gasteiger partial charge in [-0.25, -0.2) is 4.79 Å². The Bertz CT molecular complexity index is 939. The van der Waals surface area contributed by atoms with Gasteiger partial charge in [0.15, 0.2) is 5.78 Å². The molecular formula is C27H32N2O3. The summed E-state index contributed by atoms with van der Waals surface area (Å²) in [6.45, 7) is 7.75. The summed E-state index contributed by atoms with van der Waals surface area (Å²) in [6, 6.07) is 21.1. The van der Waals surface area contributed by atoms with Gasteiger partial charge in [-0.3, -0.25) is 9.69 Å². The second-order valence-corrected chi connectivity index (χ2v) is 9.76. The Morgan fingerprint density at radius 1 is 1.03 bits per heavy atom. The summed E-state index contributed by atoms with van der Waals surface area (Å²) in [5.74, 6) is -0.598. The fourth-order valence-electron chi connectivity index (χ4n) is 4.67. The molecule has 32 heavy (non-hydrogen) atoms. The first kappa shape index (κ1) is 22.3. The summed E-state index contributed by atoms with van der Waals surface area (Å²) in [5, 5.41) is 0. The number of hydrogen-bond donors (Lipinski definition) is 0. The van der Waals surface area contributed by atoms with E-state index in [0.717, 1.165) is 19.5 Å². The van der Waals surface area contributed by atoms with Crippen LogP contribution in [0.2, 0.25) is 0 Å². The van der Waals surface area contributed by atoms with E-state index >= 15 is 0 Å². The van der Waals surface area contributed by atoms with Crippen LogP contribution >= 0.6 is 0 Å². The Balaban J connectivity index is 1.57. The van der Waals surface area contributed by atoms with Crippen LogP contribution in [0.25, 0.3) is 0 Å². The van der Waals surface area contributed by atoms with Gasteiger partial charge >= 0.3 is 5.97 Å². The maximum Gasteiger partial charge on any atom is 0.340 e. The Morgan fingerprint density at radius 3 is 2.12 bits per heavy atom. The molecule has 168 valence electrons. The Morgan fingerprint density at radius 2 is 1.59 bits per heavy atom. The van der Waals surface area contributed by atoms with Crippen molar-refractivity contribution in [2.45, 2.75) is 63.9 Å². The molecule has 0 aromatic heterocycles. The summed E-state index contributed by atoms with van der Waals surface area (Å²) in [7, 11) is 0. The van der Waals surface area contributed by atoms with Crippen LogP contribution in [-0.2, 0) is 27.4 Å². The zero-order chi connectivity index (χ0) is 22.8. The van der Waals surface area contributed by atoms with Crippen molar-refractivity contribution >= 4 is 11.8 Å². The monoisotopic (exact) mass is 432 g/mol. The van der Waals surface area contributed by atoms with Gasteiger partial charge in [0.1, 0.15) is 5.60 Å². The molecule has 2 heterocycles. The average molecular weight is 433 g/mol. The van der Waals surface area contributed by atoms with E-state index < -0.39 is 17.1 Å². The summed E-state index contributed by atoms with van der Waals surface area (Å²) in [6.07, 6.45) is 4.52. The van der Waals surface area contributed by atoms with E-state index in [2.05, 4.69) is 53.4 Å². The number of rotatable bonds is 6. The molecule has 2 atom stereocenters. The van der Waals surface area contributed by atoms with Gasteiger partial charge in [-0.15, -0.1) is 0 Å². The number of carbonyl (C=O) groups is 2. The molecule has 0 N–H and O–H groups in total. The van der Waals surface area contributed by atoms with E-state index in [4.69, 9.17) is 4.74 Å². The molecule has 5 nitrogen and oxygen atoms in total. The van der Waals surface area contributed by atoms with Crippen LogP contribution in [0, 0.1) is 0 Å². The highest BCUT2D eigenvalue weighted by Crippen LogP contribution is 2.38. The predicted molar refractivity (Wildman–Crippen MR) is 125 cm³/mol. The molecule has 0 spiro atoms. The lowest BCUT2D eigenvalue weighted by molar-refractivity contribution is -0.172. The first-order valence-corrected chi connectivity index (χ1v) is 11.3. The molecule has 2 aliphatic rings. The van der Waals surface area contributed by atoms with Crippen LogP contribution in [0.1, 0.15) is 44.7 Å². The zero-order valence-electron chi connectivity index (χ0n) is 19.2. The molecule has 0 radical (unpaired) electrons. The van der Waals surface area contributed by atoms with E-state index in [1.165, 1.54) is 17.2 Å². The number of nitrogens with zero attached hydrogens (tertiary/aromatic N) is 2. The third kappa shape index (κ3) is 4.63. The quantitative estimate of drug-likeness (QED) is 0.502. The molecule has 0 unspecified atom stereocenters. The van der Waals surface area contributed by atoms with E-state index in [1.807, 2.05) is 37.8 Å². The van der Waals surface area contributed by atoms with E-state index in [0.29, 0.717) is 13.0 Å². The van der Waals surface area contributed by atoms with Crippen LogP contribution in [-0.4, -0.2) is 45.3 Å². The van der Waals surface area contributed by atoms with Crippen molar-refractivity contribution in [2.75, 3.05) is 6.54 Å². The fourth-order valence-corrected chi connectivity index (χ4v) is 4.67. The Kier molecular flexibility index (Phi) is 6.20. The standard InChI is InChI=1S/C27H32N2O3/c1-26(2,3)32-25(31)27-16-14-23(20-29(27)17-15-24(27)30)28(18-21-10-6-4-7-11-21)19-22-12-8-5-9-13-22/h4-13,15,17,23H,14,16,18-20H2,1-3H3/t23-,27-/m0/s1. The summed E-state index contributed by atoms with van der Waals surface area (Å²) < 4.78 is 5.68. The predicted octanol–water partition coefficient (Wildman–Crippen LogP) is 4.33. The van der Waals surface area contributed by atoms with E-state index in [9.17, 15) is 9.59 Å². The summed E-state index contributed by atoms with van der Waals surface area (Å²) in [5.41, 5.74) is 0.652. The van der Waals surface area contributed by atoms with Crippen molar-refractivity contribution in [3.63, 3.8) is 0 Å². The molecule has 0 saturated carbocycles. The lowest BCUT2D eigenvalue weighted by Gasteiger charge is -2.46. The first-order valence-electron chi connectivity index (χ1n) is 11.3. The molecule has 0 aliphatic carbocycles. The van der Waals surface area contributed by atoms with Crippen LogP contribution in [0.5, 0.6) is 0 Å². The number of hydrogen-bond acceptors (Lipinski definition) is 5. The number of esters is 1. The Hall–Kier alpha value is -2.92. The minimum absolute atomic E-state index is 0.164. The van der Waals surface area contributed by atoms with Crippen molar-refractivity contribution in [3.8, 4) is 0 Å². The molecule has 1 saturated heterocycles. The van der Waals surface area contributed by atoms with Gasteiger partial charge in [-0.2, -0.15) is 0 Å². The van der Waals surface area contributed by atoms with Gasteiger partial charge in [-0.05, 0) is 44.7 Å². The van der Waals surface area contributed by atoms with Gasteiger partial charge in [0.2, 0.25) is 5.54 Å². The highest BCUT2D eigenvalue weighted by Gasteiger charge is 2.56. The molecule has 4 rings (SSSR count). The number of piperidine rings is 1. The van der Waals surface area contributed by atoms with Crippen LogP contribution < -0.4 is 0 Å².